The molecule has 2 aromatic rings. The Morgan fingerprint density at radius 3 is 1.95 bits per heavy atom. The van der Waals surface area contributed by atoms with Gasteiger partial charge in [0.25, 0.3) is 0 Å². The van der Waals surface area contributed by atoms with E-state index < -0.39 is 40.2 Å². The summed E-state index contributed by atoms with van der Waals surface area (Å²) < 4.78 is 105. The highest BCUT2D eigenvalue weighted by Gasteiger charge is 2.83. The molecule has 9 heteroatoms. The van der Waals surface area contributed by atoms with E-state index in [9.17, 15) is 0 Å². The van der Waals surface area contributed by atoms with E-state index in [0.717, 1.165) is 32.1 Å². The van der Waals surface area contributed by atoms with Crippen molar-refractivity contribution in [1.82, 2.24) is 4.98 Å². The Balaban J connectivity index is 1.66. The van der Waals surface area contributed by atoms with Gasteiger partial charge in [-0.2, -0.15) is 26.3 Å². The molecular formula is C29H27F6NO2. The third kappa shape index (κ3) is 2.61. The van der Waals surface area contributed by atoms with Gasteiger partial charge in [-0.15, -0.1) is 0 Å². The molecule has 4 fully saturated rings. The van der Waals surface area contributed by atoms with Crippen LogP contribution in [0.1, 0.15) is 54.7 Å². The van der Waals surface area contributed by atoms with Crippen LogP contribution in [-0.2, 0) is 5.41 Å². The second-order valence-corrected chi connectivity index (χ2v) is 11.7. The van der Waals surface area contributed by atoms with Crippen LogP contribution in [-0.4, -0.2) is 37.0 Å². The minimum atomic E-state index is -5.60. The summed E-state index contributed by atoms with van der Waals surface area (Å²) in [6.45, 7) is 0. The van der Waals surface area contributed by atoms with Crippen LogP contribution >= 0.6 is 0 Å². The first-order chi connectivity index (χ1) is 18.0. The molecule has 8 rings (SSSR count). The van der Waals surface area contributed by atoms with Crippen LogP contribution < -0.4 is 9.47 Å². The van der Waals surface area contributed by atoms with Gasteiger partial charge < -0.3 is 9.47 Å². The number of halogens is 6. The fourth-order valence-corrected chi connectivity index (χ4v) is 9.23. The van der Waals surface area contributed by atoms with Gasteiger partial charge >= 0.3 is 17.8 Å². The van der Waals surface area contributed by atoms with Crippen molar-refractivity contribution in [2.24, 2.45) is 23.7 Å². The summed E-state index contributed by atoms with van der Waals surface area (Å²) >= 11 is 0. The van der Waals surface area contributed by atoms with Crippen LogP contribution in [0.2, 0.25) is 0 Å². The number of alkyl halides is 6. The van der Waals surface area contributed by atoms with Crippen LogP contribution in [0.4, 0.5) is 26.3 Å². The molecule has 1 spiro atoms. The molecule has 0 radical (unpaired) electrons. The van der Waals surface area contributed by atoms with Crippen molar-refractivity contribution in [3.63, 3.8) is 0 Å². The molecule has 38 heavy (non-hydrogen) atoms. The maximum absolute atomic E-state index is 16.0. The minimum absolute atomic E-state index is 0.0862. The van der Waals surface area contributed by atoms with Crippen molar-refractivity contribution in [1.29, 1.82) is 0 Å². The summed E-state index contributed by atoms with van der Waals surface area (Å²) in [5.74, 6) is -16.3. The average Bonchev–Trinajstić information content (AvgIpc) is 3.00. The molecule has 0 N–H and O–H groups in total. The fraction of sp³-hybridized carbons (Fsp3) is 0.552. The van der Waals surface area contributed by atoms with Crippen LogP contribution in [0.15, 0.2) is 42.2 Å². The number of aromatic nitrogens is 1. The highest BCUT2D eigenvalue weighted by atomic mass is 19.3. The van der Waals surface area contributed by atoms with Gasteiger partial charge in [-0.05, 0) is 85.1 Å². The molecule has 3 nitrogen and oxygen atoms in total. The molecule has 4 bridgehead atoms. The molecule has 202 valence electrons. The van der Waals surface area contributed by atoms with Gasteiger partial charge in [-0.1, -0.05) is 0 Å². The third-order valence-electron chi connectivity index (χ3n) is 10.2. The summed E-state index contributed by atoms with van der Waals surface area (Å²) in [6, 6.07) is 5.81. The number of hydrogen-bond donors (Lipinski definition) is 0. The van der Waals surface area contributed by atoms with Crippen molar-refractivity contribution >= 4 is 5.57 Å². The molecule has 1 aromatic carbocycles. The van der Waals surface area contributed by atoms with Crippen molar-refractivity contribution in [2.75, 3.05) is 14.2 Å². The second-order valence-electron chi connectivity index (χ2n) is 11.7. The highest BCUT2D eigenvalue weighted by Crippen LogP contribution is 2.77. The fourth-order valence-electron chi connectivity index (χ4n) is 9.23. The van der Waals surface area contributed by atoms with E-state index in [1.54, 1.807) is 6.07 Å². The minimum Gasteiger partial charge on any atom is -0.497 e. The number of methoxy groups -OCH3 is 2. The van der Waals surface area contributed by atoms with Gasteiger partial charge in [0.1, 0.15) is 11.5 Å². The third-order valence-corrected chi connectivity index (χ3v) is 10.2. The number of nitrogens with zero attached hydrogens (tertiary/aromatic N) is 1. The molecule has 4 saturated carbocycles. The Labute approximate surface area is 216 Å². The van der Waals surface area contributed by atoms with E-state index in [-0.39, 0.29) is 28.9 Å². The molecule has 0 saturated heterocycles. The Morgan fingerprint density at radius 2 is 1.39 bits per heavy atom. The van der Waals surface area contributed by atoms with Gasteiger partial charge in [0.15, 0.2) is 0 Å². The summed E-state index contributed by atoms with van der Waals surface area (Å²) in [5.41, 5.74) is -3.20. The molecule has 1 atom stereocenters. The molecule has 6 aliphatic carbocycles. The first kappa shape index (κ1) is 24.3. The zero-order valence-corrected chi connectivity index (χ0v) is 20.9. The molecule has 1 heterocycles. The molecule has 1 aromatic heterocycles. The molecular weight excluding hydrogens is 508 g/mol. The van der Waals surface area contributed by atoms with Crippen LogP contribution in [0.25, 0.3) is 5.57 Å². The molecule has 0 amide bonds. The number of rotatable bonds is 3. The monoisotopic (exact) mass is 535 g/mol. The predicted octanol–water partition coefficient (Wildman–Crippen LogP) is 7.26. The van der Waals surface area contributed by atoms with E-state index in [4.69, 9.17) is 9.47 Å². The van der Waals surface area contributed by atoms with Crippen LogP contribution in [0.3, 0.4) is 0 Å². The number of ether oxygens (including phenoxy) is 2. The van der Waals surface area contributed by atoms with Crippen molar-refractivity contribution in [3.8, 4) is 11.5 Å². The molecule has 0 unspecified atom stereocenters. The first-order valence-corrected chi connectivity index (χ1v) is 13.0. The lowest BCUT2D eigenvalue weighted by Gasteiger charge is -2.66. The highest BCUT2D eigenvalue weighted by molar-refractivity contribution is 5.88. The zero-order chi connectivity index (χ0) is 26.8. The number of allylic oxidation sites excluding steroid dienone is 2. The predicted molar refractivity (Wildman–Crippen MR) is 127 cm³/mol. The van der Waals surface area contributed by atoms with E-state index in [2.05, 4.69) is 4.98 Å². The largest absolute Gasteiger partial charge is 0.497 e. The Bertz CT molecular complexity index is 1330. The lowest BCUT2D eigenvalue weighted by Crippen LogP contribution is -2.60. The van der Waals surface area contributed by atoms with Crippen LogP contribution in [0.5, 0.6) is 11.5 Å². The zero-order valence-electron chi connectivity index (χ0n) is 20.9. The average molecular weight is 536 g/mol. The lowest BCUT2D eigenvalue weighted by atomic mass is 9.38. The Morgan fingerprint density at radius 1 is 0.789 bits per heavy atom. The van der Waals surface area contributed by atoms with Gasteiger partial charge in [0, 0.05) is 46.5 Å². The summed E-state index contributed by atoms with van der Waals surface area (Å²) in [7, 11) is 2.70. The number of pyridine rings is 1. The summed E-state index contributed by atoms with van der Waals surface area (Å²) in [4.78, 5) is 4.00. The normalized spacial score (nSPS) is 36.8. The maximum Gasteiger partial charge on any atom is 0.380 e. The maximum atomic E-state index is 16.0. The van der Waals surface area contributed by atoms with Gasteiger partial charge in [0.05, 0.1) is 14.2 Å². The number of fused-ring (bicyclic) bond motifs is 2. The lowest BCUT2D eigenvalue weighted by molar-refractivity contribution is -0.261. The number of benzene rings is 1. The van der Waals surface area contributed by atoms with Gasteiger partial charge in [-0.3, -0.25) is 4.98 Å². The Hall–Kier alpha value is -2.71. The van der Waals surface area contributed by atoms with Gasteiger partial charge in [0.2, 0.25) is 0 Å². The standard InChI is InChI=1S/C29H27F6NO2/c1-37-19-12-20-23(21(13-19)38-2)26(17-8-14-7-15(10-17)11-18(26)9-14)22(16-3-5-36-6-4-16)25-24(20)27(30,31)29(34,35)28(25,32)33/h3-6,12-15,17-18,22H,7-11H2,1-2H3/t14?,15?,17?,18?,22-,26?/m0/s1. The van der Waals surface area contributed by atoms with E-state index in [1.807, 2.05) is 0 Å². The topological polar surface area (TPSA) is 31.4 Å². The molecule has 0 aliphatic heterocycles. The number of hydrogen-bond acceptors (Lipinski definition) is 3. The van der Waals surface area contributed by atoms with Crippen molar-refractivity contribution < 1.29 is 35.8 Å². The van der Waals surface area contributed by atoms with E-state index in [1.165, 1.54) is 44.8 Å². The van der Waals surface area contributed by atoms with Crippen molar-refractivity contribution in [2.45, 2.75) is 61.2 Å². The second kappa shape index (κ2) is 7.48. The summed E-state index contributed by atoms with van der Waals surface area (Å²) in [5, 5.41) is 0. The summed E-state index contributed by atoms with van der Waals surface area (Å²) in [6.07, 6.45) is 6.84. The van der Waals surface area contributed by atoms with E-state index in [0.29, 0.717) is 23.0 Å². The van der Waals surface area contributed by atoms with Gasteiger partial charge in [-0.25, -0.2) is 0 Å². The van der Waals surface area contributed by atoms with E-state index >= 15 is 26.3 Å². The van der Waals surface area contributed by atoms with Crippen molar-refractivity contribution in [3.05, 3.63) is 58.9 Å². The first-order valence-electron chi connectivity index (χ1n) is 13.0. The molecule has 6 aliphatic rings. The van der Waals surface area contributed by atoms with Crippen LogP contribution in [0, 0.1) is 23.7 Å². The Kier molecular flexibility index (Phi) is 4.79. The quantitative estimate of drug-likeness (QED) is 0.388. The SMILES string of the molecule is COc1cc(OC)c2c(c1)C1=C([C@H](c3ccncc3)C23C2CC4CC(C2)CC3C4)C(F)(F)C(F)(F)C1(F)F. The smallest absolute Gasteiger partial charge is 0.380 e.